The summed E-state index contributed by atoms with van der Waals surface area (Å²) in [6.45, 7) is 0. The van der Waals surface area contributed by atoms with Gasteiger partial charge in [-0.3, -0.25) is 4.79 Å². The number of ketones is 1. The molecule has 0 aliphatic heterocycles. The van der Waals surface area contributed by atoms with Crippen molar-refractivity contribution < 1.29 is 4.79 Å². The Morgan fingerprint density at radius 1 is 1.06 bits per heavy atom. The third-order valence-corrected chi connectivity index (χ3v) is 2.84. The highest BCUT2D eigenvalue weighted by atomic mass is 35.5. The number of benzene rings is 2. The fourth-order valence-electron chi connectivity index (χ4n) is 1.56. The van der Waals surface area contributed by atoms with Gasteiger partial charge in [-0.25, -0.2) is 0 Å². The summed E-state index contributed by atoms with van der Waals surface area (Å²) < 4.78 is 0. The largest absolute Gasteiger partial charge is 0.399 e. The molecule has 0 saturated heterocycles. The van der Waals surface area contributed by atoms with E-state index in [1.807, 2.05) is 0 Å². The lowest BCUT2D eigenvalue weighted by molar-refractivity contribution is 0.103. The fourth-order valence-corrected chi connectivity index (χ4v) is 1.77. The molecule has 2 rings (SSSR count). The normalized spacial score (nSPS) is 10.2. The number of carbonyl (C=O) groups is 1. The van der Waals surface area contributed by atoms with Gasteiger partial charge in [-0.1, -0.05) is 29.8 Å². The summed E-state index contributed by atoms with van der Waals surface area (Å²) in [5, 5.41) is 0.278. The van der Waals surface area contributed by atoms with Crippen molar-refractivity contribution in [3.8, 4) is 0 Å². The maximum Gasteiger partial charge on any atom is 0.194 e. The van der Waals surface area contributed by atoms with Gasteiger partial charge in [0.05, 0.1) is 10.7 Å². The molecule has 0 saturated carbocycles. The molecule has 0 atom stereocenters. The number of rotatable bonds is 2. The molecule has 3 nitrogen and oxygen atoms in total. The van der Waals surface area contributed by atoms with E-state index in [9.17, 15) is 4.79 Å². The molecule has 0 aromatic heterocycles. The molecule has 2 aromatic carbocycles. The molecule has 0 fully saturated rings. The fraction of sp³-hybridized carbons (Fsp3) is 0. The van der Waals surface area contributed by atoms with Crippen LogP contribution in [0.15, 0.2) is 42.5 Å². The van der Waals surface area contributed by atoms with E-state index in [1.165, 1.54) is 0 Å². The summed E-state index contributed by atoms with van der Waals surface area (Å²) in [5.41, 5.74) is 13.1. The van der Waals surface area contributed by atoms with Crippen LogP contribution in [0.5, 0.6) is 0 Å². The number of hydrogen-bond acceptors (Lipinski definition) is 3. The van der Waals surface area contributed by atoms with Crippen LogP contribution >= 0.6 is 11.6 Å². The Labute approximate surface area is 104 Å². The first-order chi connectivity index (χ1) is 8.09. The van der Waals surface area contributed by atoms with Crippen molar-refractivity contribution in [2.24, 2.45) is 0 Å². The predicted molar refractivity (Wildman–Crippen MR) is 70.2 cm³/mol. The third kappa shape index (κ3) is 2.24. The topological polar surface area (TPSA) is 69.1 Å². The second-order valence-electron chi connectivity index (χ2n) is 3.66. The Morgan fingerprint density at radius 3 is 2.47 bits per heavy atom. The number of halogens is 1. The van der Waals surface area contributed by atoms with Gasteiger partial charge in [0.2, 0.25) is 0 Å². The predicted octanol–water partition coefficient (Wildman–Crippen LogP) is 2.74. The third-order valence-electron chi connectivity index (χ3n) is 2.42. The SMILES string of the molecule is Nc1cccc(C(=O)c2cccc(N)c2Cl)c1. The van der Waals surface area contributed by atoms with Gasteiger partial charge in [0.1, 0.15) is 0 Å². The van der Waals surface area contributed by atoms with E-state index in [2.05, 4.69) is 0 Å². The number of nitrogens with two attached hydrogens (primary N) is 2. The number of carbonyl (C=O) groups excluding carboxylic acids is 1. The average molecular weight is 247 g/mol. The van der Waals surface area contributed by atoms with Gasteiger partial charge < -0.3 is 11.5 Å². The second-order valence-corrected chi connectivity index (χ2v) is 4.04. The van der Waals surface area contributed by atoms with Crippen molar-refractivity contribution in [1.29, 1.82) is 0 Å². The van der Waals surface area contributed by atoms with Crippen LogP contribution in [0.25, 0.3) is 0 Å². The van der Waals surface area contributed by atoms with Gasteiger partial charge in [0, 0.05) is 16.8 Å². The molecule has 0 amide bonds. The summed E-state index contributed by atoms with van der Waals surface area (Å²) in [6.07, 6.45) is 0. The molecule has 0 unspecified atom stereocenters. The zero-order valence-electron chi connectivity index (χ0n) is 8.98. The lowest BCUT2D eigenvalue weighted by atomic mass is 10.0. The molecule has 0 radical (unpaired) electrons. The van der Waals surface area contributed by atoms with Crippen LogP contribution in [0, 0.1) is 0 Å². The quantitative estimate of drug-likeness (QED) is 0.632. The molecule has 0 heterocycles. The van der Waals surface area contributed by atoms with Gasteiger partial charge in [0.15, 0.2) is 5.78 Å². The molecular formula is C13H11ClN2O. The molecule has 0 aliphatic carbocycles. The van der Waals surface area contributed by atoms with Crippen molar-refractivity contribution in [2.75, 3.05) is 11.5 Å². The van der Waals surface area contributed by atoms with Crippen LogP contribution in [-0.4, -0.2) is 5.78 Å². The van der Waals surface area contributed by atoms with Crippen LogP contribution in [0.1, 0.15) is 15.9 Å². The summed E-state index contributed by atoms with van der Waals surface area (Å²) in [6, 6.07) is 11.7. The first kappa shape index (κ1) is 11.5. The van der Waals surface area contributed by atoms with Gasteiger partial charge >= 0.3 is 0 Å². The Balaban J connectivity index is 2.48. The first-order valence-corrected chi connectivity index (χ1v) is 5.41. The van der Waals surface area contributed by atoms with Gasteiger partial charge in [-0.05, 0) is 24.3 Å². The minimum atomic E-state index is -0.186. The minimum Gasteiger partial charge on any atom is -0.399 e. The zero-order valence-corrected chi connectivity index (χ0v) is 9.74. The van der Waals surface area contributed by atoms with E-state index in [0.29, 0.717) is 22.5 Å². The highest BCUT2D eigenvalue weighted by Gasteiger charge is 2.14. The number of anilines is 2. The molecule has 17 heavy (non-hydrogen) atoms. The highest BCUT2D eigenvalue weighted by Crippen LogP contribution is 2.25. The van der Waals surface area contributed by atoms with Gasteiger partial charge in [0.25, 0.3) is 0 Å². The monoisotopic (exact) mass is 246 g/mol. The molecule has 4 N–H and O–H groups in total. The van der Waals surface area contributed by atoms with E-state index in [4.69, 9.17) is 23.1 Å². The van der Waals surface area contributed by atoms with Crippen LogP contribution in [-0.2, 0) is 0 Å². The second kappa shape index (κ2) is 4.47. The van der Waals surface area contributed by atoms with E-state index < -0.39 is 0 Å². The Hall–Kier alpha value is -2.00. The first-order valence-electron chi connectivity index (χ1n) is 5.04. The minimum absolute atomic E-state index is 0.186. The molecule has 0 bridgehead atoms. The molecule has 0 aliphatic rings. The standard InChI is InChI=1S/C13H11ClN2O/c14-12-10(5-2-6-11(12)16)13(17)8-3-1-4-9(15)7-8/h1-7H,15-16H2. The maximum absolute atomic E-state index is 12.2. The summed E-state index contributed by atoms with van der Waals surface area (Å²) in [5.74, 6) is -0.186. The lowest BCUT2D eigenvalue weighted by Crippen LogP contribution is -2.04. The van der Waals surface area contributed by atoms with Crippen molar-refractivity contribution in [1.82, 2.24) is 0 Å². The van der Waals surface area contributed by atoms with Crippen LogP contribution in [0.3, 0.4) is 0 Å². The molecule has 86 valence electrons. The van der Waals surface area contributed by atoms with Crippen LogP contribution in [0.4, 0.5) is 11.4 Å². The van der Waals surface area contributed by atoms with Crippen LogP contribution in [0.2, 0.25) is 5.02 Å². The summed E-state index contributed by atoms with van der Waals surface area (Å²) in [7, 11) is 0. The summed E-state index contributed by atoms with van der Waals surface area (Å²) in [4.78, 5) is 12.2. The Morgan fingerprint density at radius 2 is 1.76 bits per heavy atom. The van der Waals surface area contributed by atoms with E-state index in [1.54, 1.807) is 42.5 Å². The summed E-state index contributed by atoms with van der Waals surface area (Å²) >= 11 is 6.00. The zero-order chi connectivity index (χ0) is 12.4. The number of hydrogen-bond donors (Lipinski definition) is 2. The molecule has 0 spiro atoms. The van der Waals surface area contributed by atoms with E-state index in [0.717, 1.165) is 0 Å². The lowest BCUT2D eigenvalue weighted by Gasteiger charge is -2.06. The van der Waals surface area contributed by atoms with Crippen LogP contribution < -0.4 is 11.5 Å². The average Bonchev–Trinajstić information content (AvgIpc) is 2.32. The van der Waals surface area contributed by atoms with Crippen molar-refractivity contribution >= 4 is 28.8 Å². The maximum atomic E-state index is 12.2. The van der Waals surface area contributed by atoms with E-state index in [-0.39, 0.29) is 10.8 Å². The number of nitrogen functional groups attached to an aromatic ring is 2. The van der Waals surface area contributed by atoms with Crippen molar-refractivity contribution in [2.45, 2.75) is 0 Å². The molecular weight excluding hydrogens is 236 g/mol. The van der Waals surface area contributed by atoms with Crippen molar-refractivity contribution in [3.63, 3.8) is 0 Å². The smallest absolute Gasteiger partial charge is 0.194 e. The van der Waals surface area contributed by atoms with E-state index >= 15 is 0 Å². The van der Waals surface area contributed by atoms with Gasteiger partial charge in [-0.15, -0.1) is 0 Å². The van der Waals surface area contributed by atoms with Gasteiger partial charge in [-0.2, -0.15) is 0 Å². The van der Waals surface area contributed by atoms with Crippen molar-refractivity contribution in [3.05, 3.63) is 58.6 Å². The molecule has 4 heteroatoms. The Bertz CT molecular complexity index is 581. The highest BCUT2D eigenvalue weighted by molar-refractivity contribution is 6.37. The Kier molecular flexibility index (Phi) is 3.02. The molecule has 2 aromatic rings.